The Kier molecular flexibility index (Phi) is 6.78. The quantitative estimate of drug-likeness (QED) is 0.438. The van der Waals surface area contributed by atoms with Crippen molar-refractivity contribution in [3.05, 3.63) is 82.4 Å². The lowest BCUT2D eigenvalue weighted by atomic mass is 9.88. The first kappa shape index (κ1) is 23.4. The van der Waals surface area contributed by atoms with Gasteiger partial charge in [-0.25, -0.2) is 4.79 Å². The second-order valence-corrected chi connectivity index (χ2v) is 8.43. The molecule has 0 amide bonds. The maximum absolute atomic E-state index is 12.6. The summed E-state index contributed by atoms with van der Waals surface area (Å²) in [6, 6.07) is 17.2. The lowest BCUT2D eigenvalue weighted by Gasteiger charge is -2.40. The summed E-state index contributed by atoms with van der Waals surface area (Å²) in [5.41, 5.74) is 5.41. The molecule has 0 unspecified atom stereocenters. The Labute approximate surface area is 192 Å². The summed E-state index contributed by atoms with van der Waals surface area (Å²) in [6.07, 6.45) is -5.68. The highest BCUT2D eigenvalue weighted by molar-refractivity contribution is 6.01. The van der Waals surface area contributed by atoms with Crippen LogP contribution in [0.5, 0.6) is 0 Å². The highest BCUT2D eigenvalue weighted by atomic mass is 16.5. The fourth-order valence-electron chi connectivity index (χ4n) is 4.52. The zero-order valence-corrected chi connectivity index (χ0v) is 18.5. The largest absolute Gasteiger partial charge is 0.465 e. The Morgan fingerprint density at radius 3 is 2.48 bits per heavy atom. The highest BCUT2D eigenvalue weighted by Crippen LogP contribution is 2.36. The molecule has 0 saturated carbocycles. The van der Waals surface area contributed by atoms with E-state index in [9.17, 15) is 25.2 Å². The van der Waals surface area contributed by atoms with Gasteiger partial charge in [-0.05, 0) is 52.8 Å². The van der Waals surface area contributed by atoms with Crippen LogP contribution in [-0.4, -0.2) is 64.5 Å². The standard InChI is InChI=1S/C26H28O7/c1-14-8-9-15(11-19(14)25-24(30)23(29)22(28)20(13-27)33-25)10-17-12-16-6-4-3-5-7-18(16)21(17)26(31)32-2/h3-9,11-12,20,22-25,27-30H,10,13H2,1-2H3/t20-,22-,23+,24-,25+/m1/s1. The molecular weight excluding hydrogens is 424 g/mol. The fraction of sp³-hybridized carbons (Fsp3) is 0.346. The smallest absolute Gasteiger partial charge is 0.338 e. The van der Waals surface area contributed by atoms with Gasteiger partial charge in [0.2, 0.25) is 0 Å². The van der Waals surface area contributed by atoms with Crippen molar-refractivity contribution in [1.82, 2.24) is 0 Å². The number of aryl methyl sites for hydroxylation is 1. The van der Waals surface area contributed by atoms with Gasteiger partial charge < -0.3 is 29.9 Å². The van der Waals surface area contributed by atoms with Gasteiger partial charge in [0, 0.05) is 0 Å². The van der Waals surface area contributed by atoms with Crippen LogP contribution in [0.3, 0.4) is 0 Å². The predicted molar refractivity (Wildman–Crippen MR) is 121 cm³/mol. The zero-order chi connectivity index (χ0) is 23.7. The number of methoxy groups -OCH3 is 1. The van der Waals surface area contributed by atoms with E-state index in [1.165, 1.54) is 7.11 Å². The third-order valence-electron chi connectivity index (χ3n) is 6.32. The second kappa shape index (κ2) is 9.59. The van der Waals surface area contributed by atoms with E-state index in [-0.39, 0.29) is 0 Å². The maximum atomic E-state index is 12.6. The number of aliphatic hydroxyl groups excluding tert-OH is 4. The summed E-state index contributed by atoms with van der Waals surface area (Å²) in [6.45, 7) is 1.37. The molecule has 3 aliphatic rings. The van der Waals surface area contributed by atoms with Crippen molar-refractivity contribution in [2.45, 2.75) is 43.9 Å². The van der Waals surface area contributed by atoms with Gasteiger partial charge in [0.15, 0.2) is 0 Å². The molecular formula is C26H28O7. The van der Waals surface area contributed by atoms with Gasteiger partial charge in [0.1, 0.15) is 30.5 Å². The number of carbonyl (C=O) groups excluding carboxylic acids is 1. The first-order valence-electron chi connectivity index (χ1n) is 10.8. The van der Waals surface area contributed by atoms with E-state index in [2.05, 4.69) is 0 Å². The lowest BCUT2D eigenvalue weighted by molar-refractivity contribution is -0.231. The Morgan fingerprint density at radius 2 is 1.76 bits per heavy atom. The minimum Gasteiger partial charge on any atom is -0.465 e. The van der Waals surface area contributed by atoms with Gasteiger partial charge in [-0.15, -0.1) is 0 Å². The lowest BCUT2D eigenvalue weighted by Crippen LogP contribution is -2.55. The molecule has 1 aromatic carbocycles. The van der Waals surface area contributed by atoms with Crippen LogP contribution in [0.15, 0.2) is 54.6 Å². The number of ether oxygens (including phenoxy) is 2. The van der Waals surface area contributed by atoms with Crippen LogP contribution in [0.4, 0.5) is 0 Å². The third-order valence-corrected chi connectivity index (χ3v) is 6.32. The van der Waals surface area contributed by atoms with Crippen LogP contribution < -0.4 is 0 Å². The number of hydrogen-bond donors (Lipinski definition) is 4. The Morgan fingerprint density at radius 1 is 1.00 bits per heavy atom. The topological polar surface area (TPSA) is 116 Å². The molecule has 4 rings (SSSR count). The average molecular weight is 453 g/mol. The molecule has 7 heteroatoms. The zero-order valence-electron chi connectivity index (χ0n) is 18.5. The first-order valence-corrected chi connectivity index (χ1v) is 10.8. The van der Waals surface area contributed by atoms with E-state index < -0.39 is 43.1 Å². The monoisotopic (exact) mass is 452 g/mol. The summed E-state index contributed by atoms with van der Waals surface area (Å²) in [5, 5.41) is 40.4. The summed E-state index contributed by atoms with van der Waals surface area (Å²) < 4.78 is 10.8. The van der Waals surface area contributed by atoms with Gasteiger partial charge in [-0.1, -0.05) is 48.5 Å². The molecule has 1 saturated heterocycles. The van der Waals surface area contributed by atoms with E-state index in [1.807, 2.05) is 61.5 Å². The van der Waals surface area contributed by atoms with Gasteiger partial charge in [0.25, 0.3) is 0 Å². The molecule has 1 heterocycles. The minimum absolute atomic E-state index is 0.410. The van der Waals surface area contributed by atoms with Gasteiger partial charge in [-0.3, -0.25) is 0 Å². The number of aliphatic hydroxyl groups is 4. The van der Waals surface area contributed by atoms with Crippen molar-refractivity contribution < 1.29 is 34.7 Å². The molecule has 1 aliphatic heterocycles. The number of rotatable bonds is 5. The summed E-state index contributed by atoms with van der Waals surface area (Å²) in [4.78, 5) is 12.6. The fourth-order valence-corrected chi connectivity index (χ4v) is 4.52. The second-order valence-electron chi connectivity index (χ2n) is 8.43. The Bertz CT molecular complexity index is 1110. The van der Waals surface area contributed by atoms with Gasteiger partial charge >= 0.3 is 5.97 Å². The van der Waals surface area contributed by atoms with Crippen molar-refractivity contribution in [1.29, 1.82) is 0 Å². The van der Waals surface area contributed by atoms with Crippen molar-refractivity contribution in [3.8, 4) is 11.1 Å². The van der Waals surface area contributed by atoms with Crippen molar-refractivity contribution in [2.24, 2.45) is 0 Å². The molecule has 1 aromatic rings. The average Bonchev–Trinajstić information content (AvgIpc) is 2.98. The van der Waals surface area contributed by atoms with Crippen molar-refractivity contribution in [3.63, 3.8) is 0 Å². The molecule has 174 valence electrons. The van der Waals surface area contributed by atoms with Crippen molar-refractivity contribution >= 4 is 5.97 Å². The van der Waals surface area contributed by atoms with E-state index in [4.69, 9.17) is 9.47 Å². The first-order chi connectivity index (χ1) is 15.8. The third kappa shape index (κ3) is 4.38. The maximum Gasteiger partial charge on any atom is 0.338 e. The number of carbonyl (C=O) groups is 1. The molecule has 0 radical (unpaired) electrons. The molecule has 33 heavy (non-hydrogen) atoms. The van der Waals surface area contributed by atoms with E-state index in [0.29, 0.717) is 17.5 Å². The van der Waals surface area contributed by atoms with Crippen LogP contribution in [0.2, 0.25) is 0 Å². The molecule has 1 fully saturated rings. The predicted octanol–water partition coefficient (Wildman–Crippen LogP) is 1.99. The number of fused-ring (bicyclic) bond motifs is 1. The SMILES string of the molecule is COC(=O)c1c(Cc2ccc(C)c([C@@H]3O[C@H](CO)[C@@H](O)[C@H](O)[C@H]3O)c2)cc2cccccc1-2. The Balaban J connectivity index is 1.72. The summed E-state index contributed by atoms with van der Waals surface area (Å²) >= 11 is 0. The highest BCUT2D eigenvalue weighted by Gasteiger charge is 2.44. The molecule has 0 bridgehead atoms. The molecule has 0 spiro atoms. The number of esters is 1. The molecule has 2 aliphatic carbocycles. The molecule has 7 nitrogen and oxygen atoms in total. The Hall–Kier alpha value is -2.81. The van der Waals surface area contributed by atoms with Gasteiger partial charge in [0.05, 0.1) is 19.3 Å². The number of hydrogen-bond acceptors (Lipinski definition) is 7. The summed E-state index contributed by atoms with van der Waals surface area (Å²) in [7, 11) is 1.36. The van der Waals surface area contributed by atoms with Crippen LogP contribution in [-0.2, 0) is 15.9 Å². The van der Waals surface area contributed by atoms with Crippen LogP contribution in [0.1, 0.15) is 38.7 Å². The van der Waals surface area contributed by atoms with Crippen LogP contribution in [0.25, 0.3) is 11.1 Å². The van der Waals surface area contributed by atoms with Crippen LogP contribution in [0, 0.1) is 6.92 Å². The van der Waals surface area contributed by atoms with Crippen LogP contribution >= 0.6 is 0 Å². The minimum atomic E-state index is -1.45. The normalized spacial score (nSPS) is 25.2. The van der Waals surface area contributed by atoms with E-state index in [0.717, 1.165) is 27.8 Å². The molecule has 0 aromatic heterocycles. The van der Waals surface area contributed by atoms with E-state index >= 15 is 0 Å². The van der Waals surface area contributed by atoms with Gasteiger partial charge in [-0.2, -0.15) is 0 Å². The van der Waals surface area contributed by atoms with Crippen molar-refractivity contribution in [2.75, 3.05) is 13.7 Å². The molecule has 4 N–H and O–H groups in total. The van der Waals surface area contributed by atoms with E-state index in [1.54, 1.807) is 0 Å². The number of benzene rings is 1. The molecule has 5 atom stereocenters. The summed E-state index contributed by atoms with van der Waals surface area (Å²) in [5.74, 6) is -0.410.